The van der Waals surface area contributed by atoms with Crippen LogP contribution in [0, 0.1) is 11.6 Å². The maximum Gasteiger partial charge on any atom is 0.414 e. The van der Waals surface area contributed by atoms with E-state index in [0.29, 0.717) is 5.57 Å². The molecule has 10 nitrogen and oxygen atoms in total. The fourth-order valence-electron chi connectivity index (χ4n) is 4.25. The molecule has 0 spiro atoms. The molecule has 12 heteroatoms. The van der Waals surface area contributed by atoms with E-state index in [-0.39, 0.29) is 50.5 Å². The first-order valence-corrected chi connectivity index (χ1v) is 11.8. The molecule has 2 aromatic rings. The molecule has 0 saturated carbocycles. The number of aliphatic hydroxyl groups is 1. The fraction of sp³-hybridized carbons (Fsp3) is 0.480. The number of carbonyl (C=O) groups excluding carboxylic acids is 2. The van der Waals surface area contributed by atoms with E-state index in [1.807, 2.05) is 20.8 Å². The van der Waals surface area contributed by atoms with E-state index in [9.17, 15) is 19.5 Å². The molecule has 1 N–H and O–H groups in total. The zero-order valence-corrected chi connectivity index (χ0v) is 20.8. The number of halogens is 2. The van der Waals surface area contributed by atoms with Gasteiger partial charge < -0.3 is 24.0 Å². The molecule has 200 valence electrons. The van der Waals surface area contributed by atoms with E-state index in [0.717, 1.165) is 21.8 Å². The van der Waals surface area contributed by atoms with Crippen LogP contribution in [0.15, 0.2) is 39.9 Å². The topological polar surface area (TPSA) is 114 Å². The lowest BCUT2D eigenvalue weighted by atomic mass is 9.97. The molecule has 1 aromatic carbocycles. The van der Waals surface area contributed by atoms with Crippen molar-refractivity contribution in [2.75, 3.05) is 31.2 Å². The standard InChI is InChI=1S/C25H29F2N3O7/c1-25(2,3)36-14-20(31)23(33)28-7-4-15(5-8-28)22-18(26)10-16(11-19(22)27)30-17(13-35-24(30)34)12-29-21(32)6-9-37-29/h4,6,9-11,17,20,31H,5,7-8,12-14H2,1-3H3/t17-,20+/m1/s1. The van der Waals surface area contributed by atoms with Crippen molar-refractivity contribution in [3.05, 3.63) is 58.1 Å². The van der Waals surface area contributed by atoms with Crippen LogP contribution >= 0.6 is 0 Å². The maximum atomic E-state index is 15.2. The van der Waals surface area contributed by atoms with E-state index in [1.54, 1.807) is 0 Å². The van der Waals surface area contributed by atoms with E-state index < -0.39 is 46.9 Å². The highest BCUT2D eigenvalue weighted by Crippen LogP contribution is 2.33. The second-order valence-corrected chi connectivity index (χ2v) is 9.90. The molecule has 1 aromatic heterocycles. The van der Waals surface area contributed by atoms with E-state index >= 15 is 8.78 Å². The Morgan fingerprint density at radius 1 is 1.24 bits per heavy atom. The number of anilines is 1. The summed E-state index contributed by atoms with van der Waals surface area (Å²) in [5.41, 5.74) is -0.869. The molecule has 37 heavy (non-hydrogen) atoms. The third kappa shape index (κ3) is 5.91. The van der Waals surface area contributed by atoms with E-state index in [1.165, 1.54) is 23.3 Å². The zero-order chi connectivity index (χ0) is 26.9. The monoisotopic (exact) mass is 521 g/mol. The predicted octanol–water partition coefficient (Wildman–Crippen LogP) is 2.54. The van der Waals surface area contributed by atoms with Crippen molar-refractivity contribution in [2.24, 2.45) is 0 Å². The van der Waals surface area contributed by atoms with E-state index in [4.69, 9.17) is 14.0 Å². The average molecular weight is 522 g/mol. The first kappa shape index (κ1) is 26.6. The molecule has 3 heterocycles. The molecule has 2 aliphatic rings. The van der Waals surface area contributed by atoms with Gasteiger partial charge in [0.25, 0.3) is 11.5 Å². The molecule has 0 aliphatic carbocycles. The van der Waals surface area contributed by atoms with Crippen LogP contribution in [-0.4, -0.2) is 70.8 Å². The smallest absolute Gasteiger partial charge is 0.414 e. The Morgan fingerprint density at radius 3 is 2.51 bits per heavy atom. The Kier molecular flexibility index (Phi) is 7.51. The van der Waals surface area contributed by atoms with Crippen molar-refractivity contribution in [3.63, 3.8) is 0 Å². The SMILES string of the molecule is CC(C)(C)OC[C@H](O)C(=O)N1CC=C(c2c(F)cc(N3C(=O)OC[C@H]3Cn3occc3=O)cc2F)CC1. The summed E-state index contributed by atoms with van der Waals surface area (Å²) < 4.78 is 46.9. The lowest BCUT2D eigenvalue weighted by molar-refractivity contribution is -0.146. The van der Waals surface area contributed by atoms with Crippen LogP contribution in [0.2, 0.25) is 0 Å². The molecule has 1 saturated heterocycles. The van der Waals surface area contributed by atoms with Crippen molar-refractivity contribution in [2.45, 2.75) is 51.5 Å². The number of rotatable bonds is 7. The Labute approximate surface area is 211 Å². The van der Waals surface area contributed by atoms with Crippen LogP contribution in [0.4, 0.5) is 19.3 Å². The lowest BCUT2D eigenvalue weighted by Gasteiger charge is -2.30. The predicted molar refractivity (Wildman–Crippen MR) is 128 cm³/mol. The van der Waals surface area contributed by atoms with Crippen LogP contribution in [0.1, 0.15) is 32.8 Å². The summed E-state index contributed by atoms with van der Waals surface area (Å²) in [5.74, 6) is -2.29. The summed E-state index contributed by atoms with van der Waals surface area (Å²) in [7, 11) is 0. The largest absolute Gasteiger partial charge is 0.447 e. The lowest BCUT2D eigenvalue weighted by Crippen LogP contribution is -2.44. The molecule has 2 aliphatic heterocycles. The summed E-state index contributed by atoms with van der Waals surface area (Å²) >= 11 is 0. The Balaban J connectivity index is 1.48. The molecule has 0 bridgehead atoms. The second-order valence-electron chi connectivity index (χ2n) is 9.90. The normalized spacial score (nSPS) is 19.1. The molecule has 4 rings (SSSR count). The van der Waals surface area contributed by atoms with Gasteiger partial charge in [-0.25, -0.2) is 13.6 Å². The maximum absolute atomic E-state index is 15.2. The number of aromatic nitrogens is 1. The van der Waals surface area contributed by atoms with Crippen molar-refractivity contribution in [1.29, 1.82) is 0 Å². The highest BCUT2D eigenvalue weighted by Gasteiger charge is 2.36. The Morgan fingerprint density at radius 2 is 1.95 bits per heavy atom. The van der Waals surface area contributed by atoms with Gasteiger partial charge in [0.2, 0.25) is 0 Å². The third-order valence-electron chi connectivity index (χ3n) is 6.09. The molecule has 2 atom stereocenters. The summed E-state index contributed by atoms with van der Waals surface area (Å²) in [6.07, 6.45) is 0.770. The van der Waals surface area contributed by atoms with Gasteiger partial charge in [-0.15, -0.1) is 0 Å². The number of hydrogen-bond donors (Lipinski definition) is 1. The summed E-state index contributed by atoms with van der Waals surface area (Å²) in [5, 5.41) is 10.2. The van der Waals surface area contributed by atoms with Gasteiger partial charge in [0.15, 0.2) is 6.10 Å². The van der Waals surface area contributed by atoms with Gasteiger partial charge in [0.1, 0.15) is 24.5 Å². The molecule has 1 fully saturated rings. The number of hydrogen-bond acceptors (Lipinski definition) is 7. The van der Waals surface area contributed by atoms with Gasteiger partial charge >= 0.3 is 6.09 Å². The number of nitrogens with zero attached hydrogens (tertiary/aromatic N) is 3. The van der Waals surface area contributed by atoms with Gasteiger partial charge in [-0.05, 0) is 44.9 Å². The molecular weight excluding hydrogens is 492 g/mol. The first-order chi connectivity index (χ1) is 17.4. The third-order valence-corrected chi connectivity index (χ3v) is 6.09. The van der Waals surface area contributed by atoms with Crippen LogP contribution in [0.5, 0.6) is 0 Å². The second kappa shape index (κ2) is 10.5. The van der Waals surface area contributed by atoms with Crippen LogP contribution in [0.3, 0.4) is 0 Å². The summed E-state index contributed by atoms with van der Waals surface area (Å²) in [6.45, 7) is 5.36. The summed E-state index contributed by atoms with van der Waals surface area (Å²) in [4.78, 5) is 39.1. The first-order valence-electron chi connectivity index (χ1n) is 11.8. The number of ether oxygens (including phenoxy) is 2. The molecule has 0 radical (unpaired) electrons. The van der Waals surface area contributed by atoms with Gasteiger partial charge in [-0.1, -0.05) is 6.08 Å². The van der Waals surface area contributed by atoms with Crippen LogP contribution in [-0.2, 0) is 20.8 Å². The van der Waals surface area contributed by atoms with E-state index in [2.05, 4.69) is 0 Å². The fourth-order valence-corrected chi connectivity index (χ4v) is 4.25. The number of benzene rings is 1. The highest BCUT2D eigenvalue weighted by molar-refractivity contribution is 5.90. The number of cyclic esters (lactones) is 1. The number of aliphatic hydroxyl groups excluding tert-OH is 1. The molecule has 0 unspecified atom stereocenters. The summed E-state index contributed by atoms with van der Waals surface area (Å²) in [6, 6.07) is 2.58. The Bertz CT molecular complexity index is 1240. The van der Waals surface area contributed by atoms with Crippen LogP contribution < -0.4 is 10.5 Å². The molecule has 2 amide bonds. The molecular formula is C25H29F2N3O7. The van der Waals surface area contributed by atoms with Gasteiger partial charge in [-0.2, -0.15) is 4.74 Å². The minimum absolute atomic E-state index is 0.0514. The number of carbonyl (C=O) groups is 2. The van der Waals surface area contributed by atoms with Crippen molar-refractivity contribution < 1.29 is 37.5 Å². The Hall–Kier alpha value is -3.51. The van der Waals surface area contributed by atoms with Gasteiger partial charge in [0, 0.05) is 24.7 Å². The van der Waals surface area contributed by atoms with Gasteiger partial charge in [-0.3, -0.25) is 14.5 Å². The minimum Gasteiger partial charge on any atom is -0.447 e. The van der Waals surface area contributed by atoms with Crippen molar-refractivity contribution in [3.8, 4) is 0 Å². The van der Waals surface area contributed by atoms with Gasteiger partial charge in [0.05, 0.1) is 30.5 Å². The van der Waals surface area contributed by atoms with Crippen LogP contribution in [0.25, 0.3) is 5.57 Å². The minimum atomic E-state index is -1.34. The highest BCUT2D eigenvalue weighted by atomic mass is 19.1. The van der Waals surface area contributed by atoms with Crippen molar-refractivity contribution in [1.82, 2.24) is 9.64 Å². The average Bonchev–Trinajstić information content (AvgIpc) is 3.41. The number of amides is 2. The quantitative estimate of drug-likeness (QED) is 0.596. The van der Waals surface area contributed by atoms with Crippen molar-refractivity contribution >= 4 is 23.3 Å². The zero-order valence-electron chi connectivity index (χ0n) is 20.8.